The minimum Gasteiger partial charge on any atom is -0.366 e. The second-order valence-electron chi connectivity index (χ2n) is 6.68. The Labute approximate surface area is 139 Å². The van der Waals surface area contributed by atoms with Gasteiger partial charge in [0.25, 0.3) is 0 Å². The van der Waals surface area contributed by atoms with E-state index in [2.05, 4.69) is 20.2 Å². The number of hydrogen-bond acceptors (Lipinski definition) is 4. The van der Waals surface area contributed by atoms with E-state index in [-0.39, 0.29) is 11.9 Å². The van der Waals surface area contributed by atoms with Crippen molar-refractivity contribution in [2.75, 3.05) is 18.4 Å². The van der Waals surface area contributed by atoms with Crippen molar-refractivity contribution in [3.63, 3.8) is 0 Å². The predicted molar refractivity (Wildman–Crippen MR) is 87.7 cm³/mol. The molecule has 2 aliphatic rings. The number of nitrogens with zero attached hydrogens (tertiary/aromatic N) is 3. The highest BCUT2D eigenvalue weighted by atomic mass is 19.1. The van der Waals surface area contributed by atoms with E-state index in [1.165, 1.54) is 25.0 Å². The predicted octanol–water partition coefficient (Wildman–Crippen LogP) is 3.32. The molecule has 1 saturated heterocycles. The quantitative estimate of drug-likeness (QED) is 0.913. The molecule has 24 heavy (non-hydrogen) atoms. The number of aromatic nitrogens is 2. The number of hydrogen-bond donors (Lipinski definition) is 1. The summed E-state index contributed by atoms with van der Waals surface area (Å²) < 4.78 is 27.0. The molecule has 4 nitrogen and oxygen atoms in total. The molecule has 4 rings (SSSR count). The molecule has 0 amide bonds. The fraction of sp³-hybridized carbons (Fsp3) is 0.444. The van der Waals surface area contributed by atoms with Crippen LogP contribution >= 0.6 is 0 Å². The molecule has 1 saturated carbocycles. The summed E-state index contributed by atoms with van der Waals surface area (Å²) in [6, 6.07) is 5.78. The van der Waals surface area contributed by atoms with Crippen molar-refractivity contribution in [2.24, 2.45) is 0 Å². The Morgan fingerprint density at radius 3 is 2.88 bits per heavy atom. The van der Waals surface area contributed by atoms with Crippen molar-refractivity contribution in [1.29, 1.82) is 0 Å². The summed E-state index contributed by atoms with van der Waals surface area (Å²) >= 11 is 0. The van der Waals surface area contributed by atoms with E-state index in [0.717, 1.165) is 37.2 Å². The second-order valence-corrected chi connectivity index (χ2v) is 6.68. The van der Waals surface area contributed by atoms with Gasteiger partial charge in [-0.15, -0.1) is 0 Å². The van der Waals surface area contributed by atoms with Crippen LogP contribution in [-0.2, 0) is 6.54 Å². The van der Waals surface area contributed by atoms with E-state index in [4.69, 9.17) is 0 Å². The molecule has 126 valence electrons. The molecule has 1 aromatic heterocycles. The molecule has 1 aromatic carbocycles. The maximum atomic E-state index is 13.8. The van der Waals surface area contributed by atoms with Gasteiger partial charge < -0.3 is 5.32 Å². The molecule has 0 spiro atoms. The fourth-order valence-corrected chi connectivity index (χ4v) is 3.20. The number of nitrogens with one attached hydrogen (secondary N) is 1. The Morgan fingerprint density at radius 2 is 2.04 bits per heavy atom. The van der Waals surface area contributed by atoms with Gasteiger partial charge in [0.15, 0.2) is 0 Å². The zero-order valence-corrected chi connectivity index (χ0v) is 13.4. The first kappa shape index (κ1) is 15.4. The first-order valence-electron chi connectivity index (χ1n) is 8.43. The molecule has 6 heteroatoms. The van der Waals surface area contributed by atoms with E-state index in [1.54, 1.807) is 6.20 Å². The maximum absolute atomic E-state index is 13.8. The monoisotopic (exact) mass is 330 g/mol. The van der Waals surface area contributed by atoms with Crippen LogP contribution in [0.1, 0.15) is 36.6 Å². The van der Waals surface area contributed by atoms with Crippen LogP contribution in [0, 0.1) is 11.6 Å². The Balaban J connectivity index is 1.36. The highest BCUT2D eigenvalue weighted by Crippen LogP contribution is 2.38. The Kier molecular flexibility index (Phi) is 4.14. The molecular formula is C18H20F2N4. The zero-order valence-electron chi connectivity index (χ0n) is 13.4. The molecule has 2 heterocycles. The Bertz CT molecular complexity index is 733. The lowest BCUT2D eigenvalue weighted by Crippen LogP contribution is -2.26. The minimum atomic E-state index is -0.395. The molecule has 1 aliphatic heterocycles. The van der Waals surface area contributed by atoms with Gasteiger partial charge in [-0.25, -0.2) is 18.7 Å². The maximum Gasteiger partial charge on any atom is 0.133 e. The number of benzene rings is 1. The third-order valence-corrected chi connectivity index (χ3v) is 4.64. The smallest absolute Gasteiger partial charge is 0.133 e. The van der Waals surface area contributed by atoms with E-state index in [9.17, 15) is 8.78 Å². The van der Waals surface area contributed by atoms with Crippen molar-refractivity contribution in [1.82, 2.24) is 14.9 Å². The highest BCUT2D eigenvalue weighted by molar-refractivity contribution is 5.35. The van der Waals surface area contributed by atoms with Gasteiger partial charge in [-0.3, -0.25) is 4.90 Å². The third-order valence-electron chi connectivity index (χ3n) is 4.64. The lowest BCUT2D eigenvalue weighted by atomic mass is 10.2. The van der Waals surface area contributed by atoms with Crippen LogP contribution in [0.25, 0.3) is 0 Å². The SMILES string of the molecule is Fc1ccc(F)c(CN2CCC(Nc3ccnc(C4CC4)n3)C2)c1. The molecule has 1 N–H and O–H groups in total. The second kappa shape index (κ2) is 6.43. The van der Waals surface area contributed by atoms with Gasteiger partial charge in [-0.1, -0.05) is 0 Å². The Hall–Kier alpha value is -2.08. The molecule has 2 aromatic rings. The van der Waals surface area contributed by atoms with Crippen molar-refractivity contribution in [3.05, 3.63) is 53.5 Å². The van der Waals surface area contributed by atoms with Crippen LogP contribution in [0.2, 0.25) is 0 Å². The van der Waals surface area contributed by atoms with Crippen LogP contribution in [0.5, 0.6) is 0 Å². The first-order valence-corrected chi connectivity index (χ1v) is 8.43. The fourth-order valence-electron chi connectivity index (χ4n) is 3.20. The van der Waals surface area contributed by atoms with Crippen LogP contribution < -0.4 is 5.32 Å². The van der Waals surface area contributed by atoms with E-state index in [0.29, 0.717) is 18.0 Å². The van der Waals surface area contributed by atoms with Gasteiger partial charge in [-0.2, -0.15) is 0 Å². The minimum absolute atomic E-state index is 0.267. The molecule has 1 aliphatic carbocycles. The number of rotatable bonds is 5. The summed E-state index contributed by atoms with van der Waals surface area (Å²) in [5.41, 5.74) is 0.411. The van der Waals surface area contributed by atoms with Gasteiger partial charge in [0.05, 0.1) is 0 Å². The van der Waals surface area contributed by atoms with Crippen molar-refractivity contribution in [2.45, 2.75) is 37.8 Å². The summed E-state index contributed by atoms with van der Waals surface area (Å²) in [4.78, 5) is 11.0. The van der Waals surface area contributed by atoms with Gasteiger partial charge in [-0.05, 0) is 43.5 Å². The van der Waals surface area contributed by atoms with Gasteiger partial charge in [0.2, 0.25) is 0 Å². The average Bonchev–Trinajstić information content (AvgIpc) is 3.34. The lowest BCUT2D eigenvalue weighted by Gasteiger charge is -2.17. The first-order chi connectivity index (χ1) is 11.7. The summed E-state index contributed by atoms with van der Waals surface area (Å²) in [6.45, 7) is 2.08. The van der Waals surface area contributed by atoms with Gasteiger partial charge in [0.1, 0.15) is 23.3 Å². The molecule has 2 fully saturated rings. The van der Waals surface area contributed by atoms with E-state index in [1.807, 2.05) is 6.07 Å². The average molecular weight is 330 g/mol. The molecule has 0 radical (unpaired) electrons. The lowest BCUT2D eigenvalue weighted by molar-refractivity contribution is 0.322. The highest BCUT2D eigenvalue weighted by Gasteiger charge is 2.27. The van der Waals surface area contributed by atoms with Crippen molar-refractivity contribution >= 4 is 5.82 Å². The third kappa shape index (κ3) is 3.53. The summed E-state index contributed by atoms with van der Waals surface area (Å²) in [7, 11) is 0. The van der Waals surface area contributed by atoms with E-state index >= 15 is 0 Å². The zero-order chi connectivity index (χ0) is 16.5. The topological polar surface area (TPSA) is 41.0 Å². The molecule has 1 unspecified atom stereocenters. The van der Waals surface area contributed by atoms with Crippen molar-refractivity contribution in [3.8, 4) is 0 Å². The molecule has 0 bridgehead atoms. The molecular weight excluding hydrogens is 310 g/mol. The van der Waals surface area contributed by atoms with Gasteiger partial charge in [0, 0.05) is 43.4 Å². The van der Waals surface area contributed by atoms with Crippen LogP contribution in [0.3, 0.4) is 0 Å². The standard InChI is InChI=1S/C18H20F2N4/c19-14-3-4-16(20)13(9-14)10-24-8-6-15(11-24)22-17-5-7-21-18(23-17)12-1-2-12/h3-5,7,9,12,15H,1-2,6,8,10-11H2,(H,21,22,23). The molecule has 1 atom stereocenters. The summed E-state index contributed by atoms with van der Waals surface area (Å²) in [5, 5.41) is 3.45. The van der Waals surface area contributed by atoms with Crippen molar-refractivity contribution < 1.29 is 8.78 Å². The van der Waals surface area contributed by atoms with Gasteiger partial charge >= 0.3 is 0 Å². The van der Waals surface area contributed by atoms with Crippen LogP contribution in [0.15, 0.2) is 30.5 Å². The number of likely N-dealkylation sites (tertiary alicyclic amines) is 1. The van der Waals surface area contributed by atoms with Crippen LogP contribution in [0.4, 0.5) is 14.6 Å². The largest absolute Gasteiger partial charge is 0.366 e. The Morgan fingerprint density at radius 1 is 1.17 bits per heavy atom. The van der Waals surface area contributed by atoms with E-state index < -0.39 is 5.82 Å². The summed E-state index contributed by atoms with van der Waals surface area (Å²) in [6.07, 6.45) is 5.12. The number of halogens is 2. The summed E-state index contributed by atoms with van der Waals surface area (Å²) in [5.74, 6) is 1.57. The number of anilines is 1. The van der Waals surface area contributed by atoms with Crippen LogP contribution in [-0.4, -0.2) is 34.0 Å². The normalized spacial score (nSPS) is 21.2.